The quantitative estimate of drug-likeness (QED) is 0.341. The van der Waals surface area contributed by atoms with E-state index >= 15 is 0 Å². The Labute approximate surface area is 200 Å². The molecule has 0 N–H and O–H groups in total. The van der Waals surface area contributed by atoms with E-state index in [2.05, 4.69) is 0 Å². The smallest absolute Gasteiger partial charge is 0.907 e. The molecular formula is B3Ca3O9Sb. The summed E-state index contributed by atoms with van der Waals surface area (Å²) >= 11 is 0. The Hall–Kier alpha value is 4.43. The van der Waals surface area contributed by atoms with Crippen molar-refractivity contribution in [2.75, 3.05) is 0 Å². The molecule has 0 fully saturated rings. The molecule has 0 saturated heterocycles. The van der Waals surface area contributed by atoms with Crippen LogP contribution >= 0.6 is 0 Å². The third kappa shape index (κ3) is 285. The van der Waals surface area contributed by atoms with E-state index in [0.29, 0.717) is 0 Å². The Balaban J connectivity index is -0.0000000135. The molecule has 0 unspecified atom stereocenters. The van der Waals surface area contributed by atoms with Crippen LogP contribution in [0, 0.1) is 0 Å². The summed E-state index contributed by atoms with van der Waals surface area (Å²) in [6, 6.07) is 0. The molecule has 0 amide bonds. The van der Waals surface area contributed by atoms with Gasteiger partial charge in [0.15, 0.2) is 0 Å². The minimum atomic E-state index is -2.92. The molecule has 0 bridgehead atoms. The van der Waals surface area contributed by atoms with Crippen molar-refractivity contribution in [2.24, 2.45) is 0 Å². The second-order valence-corrected chi connectivity index (χ2v) is 0.866. The predicted octanol–water partition coefficient (Wildman–Crippen LogP) is -13.4. The molecule has 0 atom stereocenters. The van der Waals surface area contributed by atoms with Gasteiger partial charge in [-0.05, 0) is 0 Å². The van der Waals surface area contributed by atoms with Crippen LogP contribution < -0.4 is 45.2 Å². The van der Waals surface area contributed by atoms with Crippen LogP contribution in [0.4, 0.5) is 0 Å². The molecule has 0 aromatic carbocycles. The van der Waals surface area contributed by atoms with Crippen molar-refractivity contribution in [2.45, 2.75) is 0 Å². The van der Waals surface area contributed by atoms with Gasteiger partial charge in [-0.3, -0.25) is 22.0 Å². The standard InChI is InChI=1S/3BO3.3Ca.Sb/c3*2-1(3)4;;;;/q3*-3;3*+2;+3. The normalized spacial score (nSPS) is 5.06. The number of hydrogen-bond donors (Lipinski definition) is 0. The molecule has 16 heteroatoms. The fraction of sp³-hybridized carbons (Fsp3) is 0. The maximum absolute atomic E-state index is 8.42. The molecule has 0 aliphatic heterocycles. The van der Waals surface area contributed by atoms with E-state index < -0.39 is 22.0 Å². The molecule has 9 nitrogen and oxygen atoms in total. The van der Waals surface area contributed by atoms with Crippen LogP contribution in [0.3, 0.4) is 0 Å². The summed E-state index contributed by atoms with van der Waals surface area (Å²) in [4.78, 5) is 0. The first-order valence-electron chi connectivity index (χ1n) is 2.12. The molecule has 74 valence electrons. The van der Waals surface area contributed by atoms with Crippen LogP contribution in [0.5, 0.6) is 0 Å². The van der Waals surface area contributed by atoms with Crippen molar-refractivity contribution in [3.8, 4) is 0 Å². The fourth-order valence-electron chi connectivity index (χ4n) is 0. The molecule has 0 aromatic heterocycles. The summed E-state index contributed by atoms with van der Waals surface area (Å²) in [7, 11) is -8.75. The van der Waals surface area contributed by atoms with Crippen molar-refractivity contribution in [1.82, 2.24) is 0 Å². The summed E-state index contributed by atoms with van der Waals surface area (Å²) in [5.74, 6) is 0. The molecule has 0 aliphatic rings. The number of hydrogen-bond acceptors (Lipinski definition) is 9. The van der Waals surface area contributed by atoms with E-state index in [1.54, 1.807) is 0 Å². The SMILES string of the molecule is [Ca+2].[Ca+2].[Ca+2].[O-]B([O-])[O-].[O-]B([O-])[O-].[O-]B([O-])[O-].[Sb+3]. The summed E-state index contributed by atoms with van der Waals surface area (Å²) in [6.07, 6.45) is 0. The summed E-state index contributed by atoms with van der Waals surface area (Å²) < 4.78 is 0. The van der Waals surface area contributed by atoms with Crippen LogP contribution in [-0.4, -0.2) is 160 Å². The monoisotopic (exact) mass is 418 g/mol. The van der Waals surface area contributed by atoms with E-state index in [4.69, 9.17) is 45.2 Å². The molecule has 16 heavy (non-hydrogen) atoms. The zero-order chi connectivity index (χ0) is 10.7. The van der Waals surface area contributed by atoms with Crippen molar-refractivity contribution >= 4 is 160 Å². The minimum Gasteiger partial charge on any atom is -0.907 e. The van der Waals surface area contributed by atoms with Crippen LogP contribution in [-0.2, 0) is 0 Å². The van der Waals surface area contributed by atoms with Crippen LogP contribution in [0.1, 0.15) is 0 Å². The van der Waals surface area contributed by atoms with Crippen molar-refractivity contribution < 1.29 is 45.2 Å². The van der Waals surface area contributed by atoms with Gasteiger partial charge in [0.05, 0.1) is 0 Å². The van der Waals surface area contributed by atoms with Gasteiger partial charge in [-0.25, -0.2) is 0 Å². The Bertz CT molecular complexity index is 54.5. The zero-order valence-corrected chi connectivity index (χ0v) is 17.2. The molecule has 0 saturated carbocycles. The Morgan fingerprint density at radius 3 is 0.375 bits per heavy atom. The van der Waals surface area contributed by atoms with Crippen LogP contribution in [0.2, 0.25) is 0 Å². The van der Waals surface area contributed by atoms with E-state index in [1.807, 2.05) is 0 Å². The maximum Gasteiger partial charge on any atom is 3.00 e. The molecule has 0 aromatic rings. The number of rotatable bonds is 0. The summed E-state index contributed by atoms with van der Waals surface area (Å²) in [6.45, 7) is 0. The maximum atomic E-state index is 8.42. The molecule has 0 spiro atoms. The molecule has 2 radical (unpaired) electrons. The van der Waals surface area contributed by atoms with Gasteiger partial charge in [-0.2, -0.15) is 0 Å². The minimum absolute atomic E-state index is 0. The van der Waals surface area contributed by atoms with E-state index in [-0.39, 0.29) is 138 Å². The van der Waals surface area contributed by atoms with Gasteiger partial charge in [-0.15, -0.1) is 0 Å². The van der Waals surface area contributed by atoms with E-state index in [9.17, 15) is 0 Å². The van der Waals surface area contributed by atoms with Gasteiger partial charge in [0.2, 0.25) is 0 Å². The van der Waals surface area contributed by atoms with Crippen LogP contribution in [0.15, 0.2) is 0 Å². The van der Waals surface area contributed by atoms with Crippen LogP contribution in [0.25, 0.3) is 0 Å². The van der Waals surface area contributed by atoms with Crippen molar-refractivity contribution in [3.05, 3.63) is 0 Å². The average Bonchev–Trinajstić information content (AvgIpc) is 1.54. The first kappa shape index (κ1) is 42.8. The van der Waals surface area contributed by atoms with Gasteiger partial charge in [0.1, 0.15) is 0 Å². The Morgan fingerprint density at radius 1 is 0.375 bits per heavy atom. The van der Waals surface area contributed by atoms with Gasteiger partial charge in [-0.1, -0.05) is 0 Å². The fourth-order valence-corrected chi connectivity index (χ4v) is 0. The first-order valence-corrected chi connectivity index (χ1v) is 2.12. The van der Waals surface area contributed by atoms with Gasteiger partial charge >= 0.3 is 138 Å². The average molecular weight is 418 g/mol. The topological polar surface area (TPSA) is 208 Å². The first-order chi connectivity index (χ1) is 5.20. The van der Waals surface area contributed by atoms with Gasteiger partial charge in [0.25, 0.3) is 0 Å². The van der Waals surface area contributed by atoms with Crippen molar-refractivity contribution in [1.29, 1.82) is 0 Å². The second kappa shape index (κ2) is 36.6. The largest absolute Gasteiger partial charge is 3.00 e. The van der Waals surface area contributed by atoms with Crippen molar-refractivity contribution in [3.63, 3.8) is 0 Å². The second-order valence-electron chi connectivity index (χ2n) is 0.866. The zero-order valence-electron chi connectivity index (χ0n) is 7.97. The van der Waals surface area contributed by atoms with Gasteiger partial charge in [0, 0.05) is 0 Å². The molecule has 0 aliphatic carbocycles. The van der Waals surface area contributed by atoms with E-state index in [1.165, 1.54) is 0 Å². The Morgan fingerprint density at radius 2 is 0.375 bits per heavy atom. The predicted molar refractivity (Wildman–Crippen MR) is 40.3 cm³/mol. The summed E-state index contributed by atoms with van der Waals surface area (Å²) in [5.41, 5.74) is 0. The summed E-state index contributed by atoms with van der Waals surface area (Å²) in [5, 5.41) is 75.8. The van der Waals surface area contributed by atoms with E-state index in [0.717, 1.165) is 0 Å². The Kier molecular flexibility index (Phi) is 97.8. The molecule has 0 rings (SSSR count). The van der Waals surface area contributed by atoms with Gasteiger partial charge < -0.3 is 45.2 Å². The molecular weight excluding hydrogens is 418 g/mol. The third-order valence-electron chi connectivity index (χ3n) is 0. The third-order valence-corrected chi connectivity index (χ3v) is 0. The molecule has 0 heterocycles.